The average molecular weight is 365 g/mol. The number of fused-ring (bicyclic) bond motifs is 1. The highest BCUT2D eigenvalue weighted by atomic mass is 32.2. The smallest absolute Gasteiger partial charge is 0.253 e. The average Bonchev–Trinajstić information content (AvgIpc) is 2.67. The maximum Gasteiger partial charge on any atom is 0.253 e. The van der Waals surface area contributed by atoms with Gasteiger partial charge in [-0.15, -0.1) is 0 Å². The van der Waals surface area contributed by atoms with Crippen LogP contribution in [0.3, 0.4) is 0 Å². The lowest BCUT2D eigenvalue weighted by Gasteiger charge is -2.18. The van der Waals surface area contributed by atoms with Gasteiger partial charge in [0.25, 0.3) is 5.91 Å². The molecule has 0 bridgehead atoms. The van der Waals surface area contributed by atoms with Gasteiger partial charge in [0.1, 0.15) is 5.75 Å². The van der Waals surface area contributed by atoms with Crippen LogP contribution in [0.1, 0.15) is 21.5 Å². The molecule has 0 saturated heterocycles. The second kappa shape index (κ2) is 8.28. The van der Waals surface area contributed by atoms with E-state index in [1.54, 1.807) is 23.8 Å². The van der Waals surface area contributed by atoms with Gasteiger partial charge in [-0.1, -0.05) is 30.3 Å². The Morgan fingerprint density at radius 3 is 2.54 bits per heavy atom. The molecule has 0 aliphatic rings. The number of carbonyl (C=O) groups is 1. The van der Waals surface area contributed by atoms with Crippen LogP contribution >= 0.6 is 11.8 Å². The Kier molecular flexibility index (Phi) is 5.84. The zero-order valence-electron chi connectivity index (χ0n) is 15.4. The first kappa shape index (κ1) is 18.3. The second-order valence-corrected chi connectivity index (χ2v) is 7.21. The summed E-state index contributed by atoms with van der Waals surface area (Å²) in [5, 5.41) is 2.28. The number of carbonyl (C=O) groups excluding carboxylic acids is 1. The molecular formula is C22H23NO2S. The Labute approximate surface area is 159 Å². The zero-order valence-corrected chi connectivity index (χ0v) is 16.2. The van der Waals surface area contributed by atoms with Gasteiger partial charge in [-0.05, 0) is 58.5 Å². The van der Waals surface area contributed by atoms with E-state index in [1.807, 2.05) is 43.4 Å². The molecule has 3 aromatic carbocycles. The van der Waals surface area contributed by atoms with Crippen LogP contribution in [0.2, 0.25) is 0 Å². The van der Waals surface area contributed by atoms with Gasteiger partial charge in [0.05, 0.1) is 7.11 Å². The highest BCUT2D eigenvalue weighted by Crippen LogP contribution is 2.22. The highest BCUT2D eigenvalue weighted by molar-refractivity contribution is 7.97. The molecular weight excluding hydrogens is 342 g/mol. The first-order chi connectivity index (χ1) is 12.6. The summed E-state index contributed by atoms with van der Waals surface area (Å²) < 4.78 is 5.27. The van der Waals surface area contributed by atoms with Crippen LogP contribution in [0.5, 0.6) is 5.75 Å². The molecule has 0 radical (unpaired) electrons. The Morgan fingerprint density at radius 2 is 1.77 bits per heavy atom. The van der Waals surface area contributed by atoms with Gasteiger partial charge >= 0.3 is 0 Å². The maximum absolute atomic E-state index is 12.8. The van der Waals surface area contributed by atoms with Crippen LogP contribution in [0.4, 0.5) is 0 Å². The summed E-state index contributed by atoms with van der Waals surface area (Å²) >= 11 is 1.76. The summed E-state index contributed by atoms with van der Waals surface area (Å²) in [6.45, 7) is 0.577. The second-order valence-electron chi connectivity index (χ2n) is 6.34. The number of hydrogen-bond acceptors (Lipinski definition) is 3. The minimum atomic E-state index is 0.0442. The number of rotatable bonds is 6. The van der Waals surface area contributed by atoms with Crippen molar-refractivity contribution < 1.29 is 9.53 Å². The summed E-state index contributed by atoms with van der Waals surface area (Å²) in [6.07, 6.45) is 2.07. The van der Waals surface area contributed by atoms with E-state index < -0.39 is 0 Å². The quantitative estimate of drug-likeness (QED) is 0.617. The van der Waals surface area contributed by atoms with Crippen LogP contribution in [-0.4, -0.2) is 31.2 Å². The summed E-state index contributed by atoms with van der Waals surface area (Å²) in [5.74, 6) is 1.81. The summed E-state index contributed by atoms with van der Waals surface area (Å²) in [7, 11) is 3.52. The molecule has 1 amide bonds. The van der Waals surface area contributed by atoms with Crippen molar-refractivity contribution in [3.05, 3.63) is 77.4 Å². The van der Waals surface area contributed by atoms with Crippen LogP contribution in [-0.2, 0) is 12.3 Å². The fraction of sp³-hybridized carbons (Fsp3) is 0.227. The molecule has 0 atom stereocenters. The van der Waals surface area contributed by atoms with Gasteiger partial charge < -0.3 is 9.64 Å². The number of amides is 1. The molecule has 4 heteroatoms. The third-order valence-corrected chi connectivity index (χ3v) is 4.99. The topological polar surface area (TPSA) is 29.5 Å². The number of hydrogen-bond donors (Lipinski definition) is 0. The normalized spacial score (nSPS) is 10.7. The van der Waals surface area contributed by atoms with Crippen molar-refractivity contribution in [2.45, 2.75) is 12.3 Å². The fourth-order valence-electron chi connectivity index (χ4n) is 3.03. The maximum atomic E-state index is 12.8. The van der Waals surface area contributed by atoms with Crippen LogP contribution in [0.15, 0.2) is 60.7 Å². The molecule has 3 rings (SSSR count). The van der Waals surface area contributed by atoms with E-state index in [4.69, 9.17) is 4.74 Å². The van der Waals surface area contributed by atoms with Gasteiger partial charge in [-0.25, -0.2) is 0 Å². The van der Waals surface area contributed by atoms with Crippen molar-refractivity contribution in [3.63, 3.8) is 0 Å². The van der Waals surface area contributed by atoms with Crippen molar-refractivity contribution in [1.29, 1.82) is 0 Å². The molecule has 0 fully saturated rings. The lowest BCUT2D eigenvalue weighted by molar-refractivity contribution is 0.0785. The molecule has 0 unspecified atom stereocenters. The van der Waals surface area contributed by atoms with Crippen molar-refractivity contribution in [3.8, 4) is 5.75 Å². The molecule has 0 heterocycles. The third-order valence-electron chi connectivity index (χ3n) is 4.36. The standard InChI is InChI=1S/C22H23NO2S/c1-23(22(24)20-6-4-5-17(12-20)15-26-3)14-16-7-8-19-13-21(25-2)10-9-18(19)11-16/h4-13H,14-15H2,1-3H3. The highest BCUT2D eigenvalue weighted by Gasteiger charge is 2.13. The first-order valence-corrected chi connectivity index (χ1v) is 9.90. The Bertz CT molecular complexity index is 923. The lowest BCUT2D eigenvalue weighted by atomic mass is 10.1. The third kappa shape index (κ3) is 4.20. The number of ether oxygens (including phenoxy) is 1. The van der Waals surface area contributed by atoms with E-state index >= 15 is 0 Å². The molecule has 0 aromatic heterocycles. The van der Waals surface area contributed by atoms with Gasteiger partial charge in [-0.3, -0.25) is 4.79 Å². The van der Waals surface area contributed by atoms with E-state index in [0.29, 0.717) is 6.54 Å². The van der Waals surface area contributed by atoms with Gasteiger partial charge in [-0.2, -0.15) is 11.8 Å². The number of benzene rings is 3. The van der Waals surface area contributed by atoms with E-state index in [0.717, 1.165) is 33.4 Å². The number of nitrogens with zero attached hydrogens (tertiary/aromatic N) is 1. The molecule has 26 heavy (non-hydrogen) atoms. The molecule has 3 nitrogen and oxygen atoms in total. The molecule has 0 aliphatic carbocycles. The van der Waals surface area contributed by atoms with E-state index in [2.05, 4.69) is 30.5 Å². The molecule has 0 spiro atoms. The number of methoxy groups -OCH3 is 1. The van der Waals surface area contributed by atoms with Crippen molar-refractivity contribution in [2.24, 2.45) is 0 Å². The van der Waals surface area contributed by atoms with Crippen LogP contribution in [0, 0.1) is 0 Å². The minimum absolute atomic E-state index is 0.0442. The monoisotopic (exact) mass is 365 g/mol. The van der Waals surface area contributed by atoms with Crippen LogP contribution in [0.25, 0.3) is 10.8 Å². The van der Waals surface area contributed by atoms with E-state index in [-0.39, 0.29) is 5.91 Å². The predicted molar refractivity (Wildman–Crippen MR) is 110 cm³/mol. The predicted octanol–water partition coefficient (Wildman–Crippen LogP) is 4.98. The van der Waals surface area contributed by atoms with Crippen LogP contribution < -0.4 is 4.74 Å². The molecule has 0 N–H and O–H groups in total. The largest absolute Gasteiger partial charge is 0.497 e. The Hall–Kier alpha value is -2.46. The van der Waals surface area contributed by atoms with Crippen molar-refractivity contribution in [1.82, 2.24) is 4.90 Å². The van der Waals surface area contributed by atoms with Gasteiger partial charge in [0.15, 0.2) is 0 Å². The van der Waals surface area contributed by atoms with E-state index in [9.17, 15) is 4.79 Å². The Morgan fingerprint density at radius 1 is 1.00 bits per heavy atom. The first-order valence-electron chi connectivity index (χ1n) is 8.51. The lowest BCUT2D eigenvalue weighted by Crippen LogP contribution is -2.26. The molecule has 0 aliphatic heterocycles. The zero-order chi connectivity index (χ0) is 18.5. The molecule has 134 valence electrons. The van der Waals surface area contributed by atoms with Crippen molar-refractivity contribution >= 4 is 28.4 Å². The summed E-state index contributed by atoms with van der Waals surface area (Å²) in [4.78, 5) is 14.5. The molecule has 3 aromatic rings. The van der Waals surface area contributed by atoms with Gasteiger partial charge in [0, 0.05) is 24.9 Å². The fourth-order valence-corrected chi connectivity index (χ4v) is 3.54. The number of thioether (sulfide) groups is 1. The molecule has 0 saturated carbocycles. The Balaban J connectivity index is 1.76. The summed E-state index contributed by atoms with van der Waals surface area (Å²) in [6, 6.07) is 20.2. The van der Waals surface area contributed by atoms with Gasteiger partial charge in [0.2, 0.25) is 0 Å². The SMILES string of the molecule is COc1ccc2cc(CN(C)C(=O)c3cccc(CSC)c3)ccc2c1. The van der Waals surface area contributed by atoms with Crippen molar-refractivity contribution in [2.75, 3.05) is 20.4 Å². The summed E-state index contributed by atoms with van der Waals surface area (Å²) in [5.41, 5.74) is 3.03. The van der Waals surface area contributed by atoms with E-state index in [1.165, 1.54) is 5.56 Å². The minimum Gasteiger partial charge on any atom is -0.497 e.